The van der Waals surface area contributed by atoms with E-state index in [1.807, 2.05) is 6.92 Å². The Labute approximate surface area is 171 Å². The Morgan fingerprint density at radius 1 is 1.18 bits per heavy atom. The summed E-state index contributed by atoms with van der Waals surface area (Å²) in [6, 6.07) is 11.7. The predicted molar refractivity (Wildman–Crippen MR) is 113 cm³/mol. The Morgan fingerprint density at radius 2 is 1.82 bits per heavy atom. The normalized spacial score (nSPS) is 17.4. The largest absolute Gasteiger partial charge is 0.352 e. The lowest BCUT2D eigenvalue weighted by Gasteiger charge is -2.33. The number of thiophene rings is 1. The molecule has 2 aromatic rings. The number of nitrogens with one attached hydrogen (secondary N) is 1. The van der Waals surface area contributed by atoms with Crippen molar-refractivity contribution >= 4 is 27.3 Å². The number of amides is 1. The minimum atomic E-state index is -3.39. The SMILES string of the molecule is CCc1ccc(CNC(=O)[C@@H](C)C2CCN(S(=O)(=O)c3cccs3)CC2)cc1. The van der Waals surface area contributed by atoms with Crippen molar-refractivity contribution < 1.29 is 13.2 Å². The van der Waals surface area contributed by atoms with Crippen molar-refractivity contribution in [2.75, 3.05) is 13.1 Å². The second kappa shape index (κ2) is 9.20. The lowest BCUT2D eigenvalue weighted by molar-refractivity contribution is -0.126. The van der Waals surface area contributed by atoms with Crippen LogP contribution in [0.3, 0.4) is 0 Å². The van der Waals surface area contributed by atoms with E-state index in [0.717, 1.165) is 12.0 Å². The van der Waals surface area contributed by atoms with Gasteiger partial charge in [-0.1, -0.05) is 44.2 Å². The molecule has 1 saturated heterocycles. The van der Waals surface area contributed by atoms with Gasteiger partial charge < -0.3 is 5.32 Å². The smallest absolute Gasteiger partial charge is 0.252 e. The molecule has 0 spiro atoms. The molecule has 7 heteroatoms. The molecule has 0 unspecified atom stereocenters. The summed E-state index contributed by atoms with van der Waals surface area (Å²) >= 11 is 1.25. The van der Waals surface area contributed by atoms with Gasteiger partial charge in [0.25, 0.3) is 10.0 Å². The molecule has 0 aliphatic carbocycles. The van der Waals surface area contributed by atoms with Gasteiger partial charge in [-0.3, -0.25) is 4.79 Å². The van der Waals surface area contributed by atoms with Crippen LogP contribution in [0.1, 0.15) is 37.8 Å². The van der Waals surface area contributed by atoms with Crippen LogP contribution in [0.25, 0.3) is 0 Å². The molecule has 0 bridgehead atoms. The molecule has 5 nitrogen and oxygen atoms in total. The van der Waals surface area contributed by atoms with E-state index in [1.165, 1.54) is 16.9 Å². The van der Waals surface area contributed by atoms with E-state index in [9.17, 15) is 13.2 Å². The molecule has 1 amide bonds. The van der Waals surface area contributed by atoms with Crippen LogP contribution in [0.4, 0.5) is 0 Å². The molecular formula is C21H28N2O3S2. The molecule has 3 rings (SSSR count). The summed E-state index contributed by atoms with van der Waals surface area (Å²) in [6.45, 7) is 5.54. The fourth-order valence-electron chi connectivity index (χ4n) is 3.61. The maximum Gasteiger partial charge on any atom is 0.252 e. The summed E-state index contributed by atoms with van der Waals surface area (Å²) < 4.78 is 27.2. The van der Waals surface area contributed by atoms with Crippen LogP contribution in [-0.4, -0.2) is 31.7 Å². The highest BCUT2D eigenvalue weighted by atomic mass is 32.2. The Morgan fingerprint density at radius 3 is 2.39 bits per heavy atom. The molecule has 152 valence electrons. The third-order valence-corrected chi connectivity index (χ3v) is 8.88. The average molecular weight is 421 g/mol. The summed E-state index contributed by atoms with van der Waals surface area (Å²) in [5, 5.41) is 4.81. The zero-order chi connectivity index (χ0) is 20.1. The lowest BCUT2D eigenvalue weighted by atomic mass is 9.85. The number of hydrogen-bond acceptors (Lipinski definition) is 4. The zero-order valence-electron chi connectivity index (χ0n) is 16.4. The van der Waals surface area contributed by atoms with E-state index in [1.54, 1.807) is 21.8 Å². The highest BCUT2D eigenvalue weighted by Crippen LogP contribution is 2.29. The summed E-state index contributed by atoms with van der Waals surface area (Å²) in [5.74, 6) is 0.123. The zero-order valence-corrected chi connectivity index (χ0v) is 18.1. The number of benzene rings is 1. The molecule has 1 N–H and O–H groups in total. The molecule has 1 aromatic heterocycles. The molecular weight excluding hydrogens is 392 g/mol. The van der Waals surface area contributed by atoms with Crippen molar-refractivity contribution in [1.29, 1.82) is 0 Å². The Balaban J connectivity index is 1.50. The van der Waals surface area contributed by atoms with Crippen molar-refractivity contribution in [3.05, 3.63) is 52.9 Å². The van der Waals surface area contributed by atoms with Crippen LogP contribution in [0.5, 0.6) is 0 Å². The third-order valence-electron chi connectivity index (χ3n) is 5.61. The summed E-state index contributed by atoms with van der Waals surface area (Å²) in [6.07, 6.45) is 2.43. The minimum absolute atomic E-state index is 0.0409. The standard InChI is InChI=1S/C21H28N2O3S2/c1-3-17-6-8-18(9-7-17)15-22-21(24)16(2)19-10-12-23(13-11-19)28(25,26)20-5-4-14-27-20/h4-9,14,16,19H,3,10-13,15H2,1-2H3,(H,22,24)/t16-/m0/s1. The summed E-state index contributed by atoms with van der Waals surface area (Å²) in [4.78, 5) is 12.6. The maximum absolute atomic E-state index is 12.6. The fourth-order valence-corrected chi connectivity index (χ4v) is 6.22. The number of sulfonamides is 1. The summed E-state index contributed by atoms with van der Waals surface area (Å²) in [5.41, 5.74) is 2.38. The van der Waals surface area contributed by atoms with Gasteiger partial charge >= 0.3 is 0 Å². The van der Waals surface area contributed by atoms with E-state index >= 15 is 0 Å². The van der Waals surface area contributed by atoms with E-state index in [0.29, 0.717) is 36.7 Å². The number of nitrogens with zero attached hydrogens (tertiary/aromatic N) is 1. The van der Waals surface area contributed by atoms with Crippen molar-refractivity contribution in [3.8, 4) is 0 Å². The third kappa shape index (κ3) is 4.82. The van der Waals surface area contributed by atoms with Gasteiger partial charge in [0.05, 0.1) is 0 Å². The van der Waals surface area contributed by atoms with Crippen LogP contribution in [0.15, 0.2) is 46.0 Å². The first-order valence-electron chi connectivity index (χ1n) is 9.81. The molecule has 1 fully saturated rings. The molecule has 1 aromatic carbocycles. The molecule has 1 aliphatic heterocycles. The lowest BCUT2D eigenvalue weighted by Crippen LogP contribution is -2.42. The molecule has 0 saturated carbocycles. The van der Waals surface area contributed by atoms with E-state index < -0.39 is 10.0 Å². The maximum atomic E-state index is 12.6. The first-order valence-corrected chi connectivity index (χ1v) is 12.1. The Bertz CT molecular complexity index is 869. The Kier molecular flexibility index (Phi) is 6.91. The highest BCUT2D eigenvalue weighted by Gasteiger charge is 2.33. The van der Waals surface area contributed by atoms with Crippen molar-refractivity contribution in [2.45, 2.75) is 43.9 Å². The van der Waals surface area contributed by atoms with Gasteiger partial charge in [0.15, 0.2) is 0 Å². The van der Waals surface area contributed by atoms with Gasteiger partial charge in [0, 0.05) is 25.6 Å². The molecule has 0 radical (unpaired) electrons. The topological polar surface area (TPSA) is 66.5 Å². The number of carbonyl (C=O) groups excluding carboxylic acids is 1. The van der Waals surface area contributed by atoms with Crippen molar-refractivity contribution in [2.24, 2.45) is 11.8 Å². The van der Waals surface area contributed by atoms with E-state index in [2.05, 4.69) is 36.5 Å². The van der Waals surface area contributed by atoms with Gasteiger partial charge in [-0.15, -0.1) is 11.3 Å². The minimum Gasteiger partial charge on any atom is -0.352 e. The quantitative estimate of drug-likeness (QED) is 0.743. The van der Waals surface area contributed by atoms with Crippen LogP contribution < -0.4 is 5.32 Å². The van der Waals surface area contributed by atoms with E-state index in [4.69, 9.17) is 0 Å². The number of rotatable bonds is 7. The van der Waals surface area contributed by atoms with Gasteiger partial charge in [0.1, 0.15) is 4.21 Å². The second-order valence-electron chi connectivity index (χ2n) is 7.35. The number of carbonyl (C=O) groups is 1. The summed E-state index contributed by atoms with van der Waals surface area (Å²) in [7, 11) is -3.39. The number of aryl methyl sites for hydroxylation is 1. The molecule has 1 atom stereocenters. The first kappa shape index (κ1) is 21.0. The first-order chi connectivity index (χ1) is 13.4. The Hall–Kier alpha value is -1.70. The average Bonchev–Trinajstić information content (AvgIpc) is 3.28. The number of hydrogen-bond donors (Lipinski definition) is 1. The predicted octanol–water partition coefficient (Wildman–Crippen LogP) is 3.66. The van der Waals surface area contributed by atoms with Gasteiger partial charge in [-0.2, -0.15) is 4.31 Å². The molecule has 1 aliphatic rings. The van der Waals surface area contributed by atoms with Crippen molar-refractivity contribution in [1.82, 2.24) is 9.62 Å². The van der Waals surface area contributed by atoms with Gasteiger partial charge in [0.2, 0.25) is 5.91 Å². The molecule has 2 heterocycles. The van der Waals surface area contributed by atoms with Crippen LogP contribution >= 0.6 is 11.3 Å². The molecule has 28 heavy (non-hydrogen) atoms. The van der Waals surface area contributed by atoms with Crippen molar-refractivity contribution in [3.63, 3.8) is 0 Å². The monoisotopic (exact) mass is 420 g/mol. The van der Waals surface area contributed by atoms with E-state index in [-0.39, 0.29) is 17.7 Å². The fraction of sp³-hybridized carbons (Fsp3) is 0.476. The number of piperidine rings is 1. The van der Waals surface area contributed by atoms with Crippen LogP contribution in [0.2, 0.25) is 0 Å². The van der Waals surface area contributed by atoms with Crippen LogP contribution in [0, 0.1) is 11.8 Å². The van der Waals surface area contributed by atoms with Crippen LogP contribution in [-0.2, 0) is 27.8 Å². The highest BCUT2D eigenvalue weighted by molar-refractivity contribution is 7.91. The second-order valence-corrected chi connectivity index (χ2v) is 10.5. The van der Waals surface area contributed by atoms with Gasteiger partial charge in [-0.05, 0) is 47.8 Å². The van der Waals surface area contributed by atoms with Gasteiger partial charge in [-0.25, -0.2) is 8.42 Å².